The van der Waals surface area contributed by atoms with Crippen LogP contribution in [-0.4, -0.2) is 32.7 Å². The largest absolute Gasteiger partial charge is 0.444 e. The minimum Gasteiger partial charge on any atom is -0.444 e. The first-order valence-corrected chi connectivity index (χ1v) is 10.9. The Hall–Kier alpha value is -0.813. The normalized spacial score (nSPS) is 15.9. The number of ether oxygens (including phenoxy) is 1. The van der Waals surface area contributed by atoms with Crippen LogP contribution in [0, 0.1) is 5.92 Å². The molecule has 0 spiro atoms. The SMILES string of the molecule is C=CC(CO[Si](C)(C)C(C)(C)C)[C@@H](C)NC(=O)OC(C)(C)C. The smallest absolute Gasteiger partial charge is 0.407 e. The van der Waals surface area contributed by atoms with E-state index in [0.717, 1.165) is 0 Å². The van der Waals surface area contributed by atoms with Crippen molar-refractivity contribution >= 4 is 14.4 Å². The van der Waals surface area contributed by atoms with Crippen LogP contribution < -0.4 is 5.32 Å². The number of amides is 1. The monoisotopic (exact) mass is 329 g/mol. The highest BCUT2D eigenvalue weighted by molar-refractivity contribution is 6.74. The minimum atomic E-state index is -1.80. The molecule has 0 heterocycles. The van der Waals surface area contributed by atoms with Crippen molar-refractivity contribution in [2.75, 3.05) is 6.61 Å². The molecule has 5 heteroatoms. The van der Waals surface area contributed by atoms with Gasteiger partial charge in [-0.1, -0.05) is 26.8 Å². The van der Waals surface area contributed by atoms with Crippen LogP contribution in [0.15, 0.2) is 12.7 Å². The molecule has 22 heavy (non-hydrogen) atoms. The van der Waals surface area contributed by atoms with Crippen LogP contribution in [0.25, 0.3) is 0 Å². The summed E-state index contributed by atoms with van der Waals surface area (Å²) in [5.41, 5.74) is -0.495. The van der Waals surface area contributed by atoms with Crippen molar-refractivity contribution in [3.63, 3.8) is 0 Å². The fourth-order valence-electron chi connectivity index (χ4n) is 1.54. The molecule has 0 rings (SSSR count). The topological polar surface area (TPSA) is 47.6 Å². The van der Waals surface area contributed by atoms with Crippen LogP contribution in [0.1, 0.15) is 48.5 Å². The number of hydrogen-bond acceptors (Lipinski definition) is 3. The number of carbonyl (C=O) groups is 1. The summed E-state index contributed by atoms with van der Waals surface area (Å²) in [6, 6.07) is -0.0860. The summed E-state index contributed by atoms with van der Waals surface area (Å²) in [4.78, 5) is 11.9. The van der Waals surface area contributed by atoms with Gasteiger partial charge < -0.3 is 14.5 Å². The number of hydrogen-bond donors (Lipinski definition) is 1. The second kappa shape index (κ2) is 7.64. The highest BCUT2D eigenvalue weighted by atomic mass is 28.4. The molecule has 0 radical (unpaired) electrons. The molecule has 0 aromatic rings. The van der Waals surface area contributed by atoms with E-state index in [4.69, 9.17) is 9.16 Å². The molecule has 130 valence electrons. The minimum absolute atomic E-state index is 0.0571. The van der Waals surface area contributed by atoms with Gasteiger partial charge in [0.2, 0.25) is 0 Å². The summed E-state index contributed by atoms with van der Waals surface area (Å²) in [5.74, 6) is 0.0571. The zero-order valence-corrected chi connectivity index (χ0v) is 16.9. The van der Waals surface area contributed by atoms with E-state index in [1.165, 1.54) is 0 Å². The van der Waals surface area contributed by atoms with E-state index in [0.29, 0.717) is 6.61 Å². The van der Waals surface area contributed by atoms with Crippen LogP contribution in [-0.2, 0) is 9.16 Å². The first-order valence-electron chi connectivity index (χ1n) is 7.95. The third-order valence-corrected chi connectivity index (χ3v) is 8.63. The molecule has 0 aromatic carbocycles. The van der Waals surface area contributed by atoms with Gasteiger partial charge in [-0.25, -0.2) is 4.79 Å². The molecule has 0 aliphatic carbocycles. The lowest BCUT2D eigenvalue weighted by molar-refractivity contribution is 0.0490. The van der Waals surface area contributed by atoms with Gasteiger partial charge in [0.15, 0.2) is 8.32 Å². The third kappa shape index (κ3) is 7.45. The van der Waals surface area contributed by atoms with Crippen LogP contribution in [0.2, 0.25) is 18.1 Å². The molecule has 0 saturated carbocycles. The van der Waals surface area contributed by atoms with Gasteiger partial charge in [0.1, 0.15) is 5.60 Å². The van der Waals surface area contributed by atoms with Gasteiger partial charge in [0, 0.05) is 18.6 Å². The summed E-state index contributed by atoms with van der Waals surface area (Å²) in [6.45, 7) is 23.0. The second-order valence-corrected chi connectivity index (χ2v) is 13.2. The molecule has 1 unspecified atom stereocenters. The summed E-state index contributed by atoms with van der Waals surface area (Å²) in [7, 11) is -1.80. The Bertz CT molecular complexity index is 380. The van der Waals surface area contributed by atoms with E-state index >= 15 is 0 Å². The van der Waals surface area contributed by atoms with Crippen molar-refractivity contribution in [3.8, 4) is 0 Å². The standard InChI is InChI=1S/C17H35NO3Si/c1-11-14(12-20-22(9,10)17(6,7)8)13(2)18-15(19)21-16(3,4)5/h11,13-14H,1,12H2,2-10H3,(H,18,19)/t13-,14?/m1/s1. The van der Waals surface area contributed by atoms with E-state index in [1.54, 1.807) is 0 Å². The van der Waals surface area contributed by atoms with E-state index in [1.807, 2.05) is 33.8 Å². The van der Waals surface area contributed by atoms with E-state index < -0.39 is 20.0 Å². The molecule has 0 aliphatic rings. The van der Waals surface area contributed by atoms with Crippen LogP contribution in [0.4, 0.5) is 4.79 Å². The Balaban J connectivity index is 4.59. The molecule has 0 aromatic heterocycles. The maximum Gasteiger partial charge on any atom is 0.407 e. The second-order valence-electron chi connectivity index (χ2n) is 8.41. The van der Waals surface area contributed by atoms with Crippen LogP contribution in [0.5, 0.6) is 0 Å². The van der Waals surface area contributed by atoms with Crippen molar-refractivity contribution in [3.05, 3.63) is 12.7 Å². The molecule has 2 atom stereocenters. The lowest BCUT2D eigenvalue weighted by atomic mass is 10.0. The fourth-order valence-corrected chi connectivity index (χ4v) is 2.58. The Morgan fingerprint density at radius 1 is 1.23 bits per heavy atom. The molecule has 0 saturated heterocycles. The van der Waals surface area contributed by atoms with Gasteiger partial charge in [-0.05, 0) is 45.8 Å². The molecule has 4 nitrogen and oxygen atoms in total. The molecule has 0 aliphatic heterocycles. The predicted octanol–water partition coefficient (Wildman–Crippen LogP) is 4.72. The molecule has 0 fully saturated rings. The van der Waals surface area contributed by atoms with Crippen LogP contribution >= 0.6 is 0 Å². The number of alkyl carbamates (subject to hydrolysis) is 1. The maximum absolute atomic E-state index is 11.9. The molecular formula is C17H35NO3Si. The summed E-state index contributed by atoms with van der Waals surface area (Å²) in [6.07, 6.45) is 1.44. The van der Waals surface area contributed by atoms with Crippen molar-refractivity contribution in [2.24, 2.45) is 5.92 Å². The zero-order chi connectivity index (χ0) is 17.8. The molecule has 1 N–H and O–H groups in total. The molecule has 1 amide bonds. The number of nitrogens with one attached hydrogen (secondary N) is 1. The highest BCUT2D eigenvalue weighted by Gasteiger charge is 2.37. The van der Waals surface area contributed by atoms with E-state index in [2.05, 4.69) is 45.8 Å². The molecular weight excluding hydrogens is 294 g/mol. The van der Waals surface area contributed by atoms with Crippen molar-refractivity contribution < 1.29 is 14.0 Å². The van der Waals surface area contributed by atoms with Gasteiger partial charge in [-0.15, -0.1) is 6.58 Å². The summed E-state index contributed by atoms with van der Waals surface area (Å²) >= 11 is 0. The van der Waals surface area contributed by atoms with Crippen molar-refractivity contribution in [1.82, 2.24) is 5.32 Å². The number of rotatable bonds is 6. The van der Waals surface area contributed by atoms with E-state index in [-0.39, 0.29) is 17.0 Å². The summed E-state index contributed by atoms with van der Waals surface area (Å²) < 4.78 is 11.5. The molecule has 0 bridgehead atoms. The predicted molar refractivity (Wildman–Crippen MR) is 95.7 cm³/mol. The Morgan fingerprint density at radius 2 is 1.73 bits per heavy atom. The van der Waals surface area contributed by atoms with Gasteiger partial charge in [0.25, 0.3) is 0 Å². The lowest BCUT2D eigenvalue weighted by Gasteiger charge is -2.37. The first-order chi connectivity index (χ1) is 9.69. The Labute approximate surface area is 137 Å². The van der Waals surface area contributed by atoms with E-state index in [9.17, 15) is 4.79 Å². The average molecular weight is 330 g/mol. The quantitative estimate of drug-likeness (QED) is 0.566. The maximum atomic E-state index is 11.9. The van der Waals surface area contributed by atoms with Gasteiger partial charge >= 0.3 is 6.09 Å². The van der Waals surface area contributed by atoms with Gasteiger partial charge in [-0.2, -0.15) is 0 Å². The van der Waals surface area contributed by atoms with Gasteiger partial charge in [0.05, 0.1) is 0 Å². The fraction of sp³-hybridized carbons (Fsp3) is 0.824. The Kier molecular flexibility index (Phi) is 7.36. The zero-order valence-electron chi connectivity index (χ0n) is 15.9. The lowest BCUT2D eigenvalue weighted by Crippen LogP contribution is -2.46. The van der Waals surface area contributed by atoms with Crippen molar-refractivity contribution in [2.45, 2.75) is 78.2 Å². The number of carbonyl (C=O) groups excluding carboxylic acids is 1. The Morgan fingerprint density at radius 3 is 2.09 bits per heavy atom. The van der Waals surface area contributed by atoms with Crippen LogP contribution in [0.3, 0.4) is 0 Å². The summed E-state index contributed by atoms with van der Waals surface area (Å²) in [5, 5.41) is 3.03. The average Bonchev–Trinajstić information content (AvgIpc) is 2.24. The first kappa shape index (κ1) is 21.2. The third-order valence-electron chi connectivity index (χ3n) is 4.13. The van der Waals surface area contributed by atoms with Gasteiger partial charge in [-0.3, -0.25) is 0 Å². The highest BCUT2D eigenvalue weighted by Crippen LogP contribution is 2.36. The van der Waals surface area contributed by atoms with Crippen molar-refractivity contribution in [1.29, 1.82) is 0 Å².